The van der Waals surface area contributed by atoms with Crippen molar-refractivity contribution < 1.29 is 9.53 Å². The number of anilines is 1. The molecule has 0 unspecified atom stereocenters. The van der Waals surface area contributed by atoms with Crippen molar-refractivity contribution in [1.29, 1.82) is 0 Å². The van der Waals surface area contributed by atoms with Crippen molar-refractivity contribution in [2.24, 2.45) is 0 Å². The van der Waals surface area contributed by atoms with Crippen LogP contribution in [0.1, 0.15) is 49.4 Å². The minimum absolute atomic E-state index is 0.137. The Kier molecular flexibility index (Phi) is 6.63. The zero-order valence-electron chi connectivity index (χ0n) is 16.1. The quantitative estimate of drug-likeness (QED) is 0.693. The lowest BCUT2D eigenvalue weighted by molar-refractivity contribution is -0.118. The molecule has 0 aliphatic carbocycles. The van der Waals surface area contributed by atoms with Gasteiger partial charge in [-0.2, -0.15) is 0 Å². The van der Waals surface area contributed by atoms with E-state index in [4.69, 9.17) is 4.74 Å². The Bertz CT molecular complexity index is 737. The monoisotopic (exact) mass is 339 g/mol. The molecule has 25 heavy (non-hydrogen) atoms. The fourth-order valence-corrected chi connectivity index (χ4v) is 3.04. The Balaban J connectivity index is 2.29. The van der Waals surface area contributed by atoms with Crippen LogP contribution in [0.4, 0.5) is 5.69 Å². The maximum atomic E-state index is 12.3. The van der Waals surface area contributed by atoms with Gasteiger partial charge in [-0.05, 0) is 56.0 Å². The SMILES string of the molecule is CCC(=O)N(CC)c1cccc(C)c1COc1ccc(CC)cc1C. The number of carbonyl (C=O) groups is 1. The third-order valence-corrected chi connectivity index (χ3v) is 4.62. The molecule has 0 N–H and O–H groups in total. The van der Waals surface area contributed by atoms with Crippen LogP contribution in [0.25, 0.3) is 0 Å². The van der Waals surface area contributed by atoms with E-state index in [1.165, 1.54) is 5.56 Å². The summed E-state index contributed by atoms with van der Waals surface area (Å²) in [6.07, 6.45) is 1.52. The Hall–Kier alpha value is -2.29. The van der Waals surface area contributed by atoms with Gasteiger partial charge in [-0.25, -0.2) is 0 Å². The molecule has 3 heteroatoms. The molecule has 0 aliphatic heterocycles. The first kappa shape index (κ1) is 19.0. The molecule has 3 nitrogen and oxygen atoms in total. The first-order valence-electron chi connectivity index (χ1n) is 9.12. The molecule has 0 atom stereocenters. The molecule has 2 rings (SSSR count). The largest absolute Gasteiger partial charge is 0.489 e. The number of aryl methyl sites for hydroxylation is 3. The van der Waals surface area contributed by atoms with E-state index in [2.05, 4.69) is 39.0 Å². The van der Waals surface area contributed by atoms with E-state index in [9.17, 15) is 4.79 Å². The topological polar surface area (TPSA) is 29.5 Å². The third kappa shape index (κ3) is 4.41. The Morgan fingerprint density at radius 2 is 1.80 bits per heavy atom. The second kappa shape index (κ2) is 8.70. The van der Waals surface area contributed by atoms with Crippen LogP contribution in [0.2, 0.25) is 0 Å². The van der Waals surface area contributed by atoms with Gasteiger partial charge in [0.05, 0.1) is 5.69 Å². The fourth-order valence-electron chi connectivity index (χ4n) is 3.04. The van der Waals surface area contributed by atoms with Crippen LogP contribution in [0.3, 0.4) is 0 Å². The smallest absolute Gasteiger partial charge is 0.226 e. The zero-order chi connectivity index (χ0) is 18.4. The number of hydrogen-bond acceptors (Lipinski definition) is 2. The molecule has 1 amide bonds. The summed E-state index contributed by atoms with van der Waals surface area (Å²) in [5, 5.41) is 0. The fraction of sp³-hybridized carbons (Fsp3) is 0.409. The van der Waals surface area contributed by atoms with Gasteiger partial charge < -0.3 is 9.64 Å². The van der Waals surface area contributed by atoms with Crippen molar-refractivity contribution in [2.45, 2.75) is 54.1 Å². The van der Waals surface area contributed by atoms with E-state index in [1.54, 1.807) is 0 Å². The van der Waals surface area contributed by atoms with Gasteiger partial charge in [0.1, 0.15) is 12.4 Å². The van der Waals surface area contributed by atoms with Gasteiger partial charge >= 0.3 is 0 Å². The van der Waals surface area contributed by atoms with E-state index in [1.807, 2.05) is 36.9 Å². The summed E-state index contributed by atoms with van der Waals surface area (Å²) in [4.78, 5) is 14.1. The summed E-state index contributed by atoms with van der Waals surface area (Å²) in [6, 6.07) is 12.4. The lowest BCUT2D eigenvalue weighted by Gasteiger charge is -2.25. The van der Waals surface area contributed by atoms with Crippen LogP contribution in [0, 0.1) is 13.8 Å². The highest BCUT2D eigenvalue weighted by Gasteiger charge is 2.17. The molecule has 0 saturated carbocycles. The van der Waals surface area contributed by atoms with Gasteiger partial charge in [0, 0.05) is 18.5 Å². The van der Waals surface area contributed by atoms with Crippen LogP contribution >= 0.6 is 0 Å². The maximum absolute atomic E-state index is 12.3. The highest BCUT2D eigenvalue weighted by molar-refractivity contribution is 5.94. The average molecular weight is 339 g/mol. The molecule has 2 aromatic rings. The Labute approximate surface area is 151 Å². The summed E-state index contributed by atoms with van der Waals surface area (Å²) < 4.78 is 6.11. The Morgan fingerprint density at radius 3 is 2.40 bits per heavy atom. The second-order valence-corrected chi connectivity index (χ2v) is 6.31. The third-order valence-electron chi connectivity index (χ3n) is 4.62. The van der Waals surface area contributed by atoms with Gasteiger partial charge in [-0.1, -0.05) is 38.1 Å². The van der Waals surface area contributed by atoms with Crippen molar-refractivity contribution in [3.05, 3.63) is 58.7 Å². The normalized spacial score (nSPS) is 10.6. The molecule has 0 spiro atoms. The summed E-state index contributed by atoms with van der Waals surface area (Å²) in [6.45, 7) is 11.3. The number of amides is 1. The zero-order valence-corrected chi connectivity index (χ0v) is 16.1. The second-order valence-electron chi connectivity index (χ2n) is 6.31. The van der Waals surface area contributed by atoms with Crippen LogP contribution in [0.15, 0.2) is 36.4 Å². The van der Waals surface area contributed by atoms with Crippen LogP contribution in [-0.2, 0) is 17.8 Å². The van der Waals surface area contributed by atoms with Crippen molar-refractivity contribution in [1.82, 2.24) is 0 Å². The average Bonchev–Trinajstić information content (AvgIpc) is 2.62. The van der Waals surface area contributed by atoms with Gasteiger partial charge in [0.2, 0.25) is 5.91 Å². The molecule has 0 heterocycles. The van der Waals surface area contributed by atoms with Crippen LogP contribution in [-0.4, -0.2) is 12.5 Å². The van der Waals surface area contributed by atoms with Gasteiger partial charge in [0.15, 0.2) is 0 Å². The molecule has 0 radical (unpaired) electrons. The summed E-state index contributed by atoms with van der Waals surface area (Å²) >= 11 is 0. The molecule has 0 saturated heterocycles. The number of carbonyl (C=O) groups excluding carboxylic acids is 1. The summed E-state index contributed by atoms with van der Waals surface area (Å²) in [7, 11) is 0. The van der Waals surface area contributed by atoms with Crippen molar-refractivity contribution >= 4 is 11.6 Å². The van der Waals surface area contributed by atoms with E-state index < -0.39 is 0 Å². The number of rotatable bonds is 7. The van der Waals surface area contributed by atoms with E-state index >= 15 is 0 Å². The lowest BCUT2D eigenvalue weighted by atomic mass is 10.1. The maximum Gasteiger partial charge on any atom is 0.226 e. The van der Waals surface area contributed by atoms with Crippen molar-refractivity contribution in [3.8, 4) is 5.75 Å². The lowest BCUT2D eigenvalue weighted by Crippen LogP contribution is -2.31. The number of nitrogens with zero attached hydrogens (tertiary/aromatic N) is 1. The van der Waals surface area contributed by atoms with Crippen molar-refractivity contribution in [3.63, 3.8) is 0 Å². The molecular weight excluding hydrogens is 310 g/mol. The summed E-state index contributed by atoms with van der Waals surface area (Å²) in [5.74, 6) is 1.04. The highest BCUT2D eigenvalue weighted by atomic mass is 16.5. The molecule has 0 bridgehead atoms. The number of hydrogen-bond donors (Lipinski definition) is 0. The summed E-state index contributed by atoms with van der Waals surface area (Å²) in [5.41, 5.74) is 5.63. The van der Waals surface area contributed by atoms with Gasteiger partial charge in [0.25, 0.3) is 0 Å². The molecule has 0 aliphatic rings. The van der Waals surface area contributed by atoms with Crippen LogP contribution < -0.4 is 9.64 Å². The van der Waals surface area contributed by atoms with E-state index in [-0.39, 0.29) is 5.91 Å². The molecule has 134 valence electrons. The van der Waals surface area contributed by atoms with E-state index in [0.29, 0.717) is 19.6 Å². The number of ether oxygens (including phenoxy) is 1. The first-order valence-corrected chi connectivity index (χ1v) is 9.12. The first-order chi connectivity index (χ1) is 12.0. The number of benzene rings is 2. The van der Waals surface area contributed by atoms with Gasteiger partial charge in [-0.15, -0.1) is 0 Å². The Morgan fingerprint density at radius 1 is 1.04 bits per heavy atom. The minimum Gasteiger partial charge on any atom is -0.489 e. The van der Waals surface area contributed by atoms with E-state index in [0.717, 1.165) is 34.5 Å². The van der Waals surface area contributed by atoms with Crippen molar-refractivity contribution in [2.75, 3.05) is 11.4 Å². The van der Waals surface area contributed by atoms with Gasteiger partial charge in [-0.3, -0.25) is 4.79 Å². The highest BCUT2D eigenvalue weighted by Crippen LogP contribution is 2.27. The minimum atomic E-state index is 0.137. The molecule has 2 aromatic carbocycles. The van der Waals surface area contributed by atoms with Crippen LogP contribution in [0.5, 0.6) is 5.75 Å². The molecular formula is C22H29NO2. The molecule has 0 fully saturated rings. The molecule has 0 aromatic heterocycles. The predicted octanol–water partition coefficient (Wildman–Crippen LogP) is 5.21. The predicted molar refractivity (Wildman–Crippen MR) is 104 cm³/mol. The standard InChI is InChI=1S/C22H29NO2/c1-6-18-12-13-21(17(5)14-18)25-15-19-16(4)10-9-11-20(19)23(8-3)22(24)7-2/h9-14H,6-8,15H2,1-5H3.